The number of nitrogens with zero attached hydrogens (tertiary/aromatic N) is 2. The molecule has 0 aliphatic rings. The van der Waals surface area contributed by atoms with Gasteiger partial charge in [-0.2, -0.15) is 0 Å². The fourth-order valence-electron chi connectivity index (χ4n) is 2.97. The van der Waals surface area contributed by atoms with E-state index in [1.165, 1.54) is 10.6 Å². The Balaban J connectivity index is 1.99. The van der Waals surface area contributed by atoms with Crippen molar-refractivity contribution in [3.63, 3.8) is 0 Å². The zero-order chi connectivity index (χ0) is 17.6. The van der Waals surface area contributed by atoms with E-state index in [1.807, 2.05) is 36.4 Å². The van der Waals surface area contributed by atoms with Crippen molar-refractivity contribution >= 4 is 5.71 Å². The lowest BCUT2D eigenvalue weighted by Crippen LogP contribution is -2.18. The smallest absolute Gasteiger partial charge is 0.250 e. The van der Waals surface area contributed by atoms with Gasteiger partial charge in [0.15, 0.2) is 0 Å². The summed E-state index contributed by atoms with van der Waals surface area (Å²) in [4.78, 5) is 11.6. The third-order valence-corrected chi connectivity index (χ3v) is 4.34. The van der Waals surface area contributed by atoms with Crippen molar-refractivity contribution in [1.29, 1.82) is 0 Å². The summed E-state index contributed by atoms with van der Waals surface area (Å²) in [6, 6.07) is 23.5. The largest absolute Gasteiger partial charge is 0.411 e. The van der Waals surface area contributed by atoms with Gasteiger partial charge in [-0.15, -0.1) is 0 Å². The highest BCUT2D eigenvalue weighted by atomic mass is 16.4. The fraction of sp³-hybridized carbons (Fsp3) is 0.143. The third-order valence-electron chi connectivity index (χ3n) is 4.34. The molecule has 0 saturated heterocycles. The molecule has 1 aromatic heterocycles. The predicted molar refractivity (Wildman–Crippen MR) is 99.4 cm³/mol. The van der Waals surface area contributed by atoms with E-state index in [2.05, 4.69) is 29.4 Å². The number of aryl methyl sites for hydroxylation is 1. The number of hydrogen-bond donors (Lipinski definition) is 1. The van der Waals surface area contributed by atoms with Gasteiger partial charge >= 0.3 is 0 Å². The maximum Gasteiger partial charge on any atom is 0.250 e. The maximum absolute atomic E-state index is 11.6. The van der Waals surface area contributed by atoms with Crippen LogP contribution in [0.2, 0.25) is 0 Å². The molecular weight excluding hydrogens is 312 g/mol. The van der Waals surface area contributed by atoms with Gasteiger partial charge < -0.3 is 9.77 Å². The van der Waals surface area contributed by atoms with Crippen LogP contribution in [-0.2, 0) is 7.05 Å². The molecule has 126 valence electrons. The number of benzene rings is 2. The van der Waals surface area contributed by atoms with Gasteiger partial charge in [0.25, 0.3) is 0 Å². The Hall–Kier alpha value is -3.14. The third kappa shape index (κ3) is 3.86. The Bertz CT molecular complexity index is 876. The van der Waals surface area contributed by atoms with Crippen LogP contribution >= 0.6 is 0 Å². The predicted octanol–water partition coefficient (Wildman–Crippen LogP) is 3.79. The van der Waals surface area contributed by atoms with Gasteiger partial charge in [0.2, 0.25) is 5.56 Å². The summed E-state index contributed by atoms with van der Waals surface area (Å²) in [5, 5.41) is 13.1. The first-order chi connectivity index (χ1) is 12.2. The Morgan fingerprint density at radius 2 is 1.52 bits per heavy atom. The van der Waals surface area contributed by atoms with Crippen LogP contribution in [0.5, 0.6) is 0 Å². The molecule has 0 spiro atoms. The van der Waals surface area contributed by atoms with Gasteiger partial charge in [-0.3, -0.25) is 4.79 Å². The summed E-state index contributed by atoms with van der Waals surface area (Å²) in [6.07, 6.45) is 2.23. The quantitative estimate of drug-likeness (QED) is 0.439. The summed E-state index contributed by atoms with van der Waals surface area (Å²) in [5.74, 6) is 0.0607. The molecule has 0 bridgehead atoms. The van der Waals surface area contributed by atoms with Gasteiger partial charge in [-0.1, -0.05) is 65.8 Å². The lowest BCUT2D eigenvalue weighted by molar-refractivity contribution is 0.317. The molecule has 0 saturated carbocycles. The van der Waals surface area contributed by atoms with E-state index in [0.29, 0.717) is 12.1 Å². The highest BCUT2D eigenvalue weighted by Crippen LogP contribution is 2.29. The number of oxime groups is 1. The van der Waals surface area contributed by atoms with Crippen LogP contribution in [0.15, 0.2) is 88.9 Å². The molecule has 1 N–H and O–H groups in total. The molecule has 0 aliphatic carbocycles. The van der Waals surface area contributed by atoms with Gasteiger partial charge in [0, 0.05) is 37.2 Å². The lowest BCUT2D eigenvalue weighted by Gasteiger charge is -2.19. The molecule has 0 aliphatic heterocycles. The molecule has 0 unspecified atom stereocenters. The molecule has 4 heteroatoms. The summed E-state index contributed by atoms with van der Waals surface area (Å²) < 4.78 is 1.49. The second kappa shape index (κ2) is 7.62. The molecule has 1 heterocycles. The molecule has 0 atom stereocenters. The normalized spacial score (nSPS) is 11.7. The van der Waals surface area contributed by atoms with E-state index < -0.39 is 0 Å². The minimum Gasteiger partial charge on any atom is -0.411 e. The Kier molecular flexibility index (Phi) is 5.09. The molecule has 0 amide bonds. The van der Waals surface area contributed by atoms with Crippen LogP contribution in [0.3, 0.4) is 0 Å². The fourth-order valence-corrected chi connectivity index (χ4v) is 2.97. The molecule has 25 heavy (non-hydrogen) atoms. The second-order valence-electron chi connectivity index (χ2n) is 5.99. The molecular formula is C21H20N2O2. The van der Waals surface area contributed by atoms with Crippen LogP contribution in [-0.4, -0.2) is 15.5 Å². The summed E-state index contributed by atoms with van der Waals surface area (Å²) >= 11 is 0. The first-order valence-electron chi connectivity index (χ1n) is 8.17. The molecule has 3 aromatic rings. The van der Waals surface area contributed by atoms with E-state index in [1.54, 1.807) is 19.3 Å². The Morgan fingerprint density at radius 1 is 0.960 bits per heavy atom. The number of rotatable bonds is 5. The van der Waals surface area contributed by atoms with Crippen molar-refractivity contribution in [1.82, 2.24) is 4.57 Å². The summed E-state index contributed by atoms with van der Waals surface area (Å²) in [6.45, 7) is 0. The highest BCUT2D eigenvalue weighted by molar-refractivity contribution is 6.00. The standard InChI is InChI=1S/C21H20N2O2/c1-23-15-18(12-13-21(23)24)20(22-25)14-19(16-8-4-2-5-9-16)17-10-6-3-7-11-17/h2-13,15,19,25H,14H2,1H3. The molecule has 2 aromatic carbocycles. The molecule has 4 nitrogen and oxygen atoms in total. The first-order valence-corrected chi connectivity index (χ1v) is 8.17. The molecule has 0 radical (unpaired) electrons. The van der Waals surface area contributed by atoms with Crippen LogP contribution in [0.4, 0.5) is 0 Å². The minimum absolute atomic E-state index is 0.0607. The van der Waals surface area contributed by atoms with Gasteiger partial charge in [-0.25, -0.2) is 0 Å². The van der Waals surface area contributed by atoms with E-state index in [-0.39, 0.29) is 11.5 Å². The average Bonchev–Trinajstić information content (AvgIpc) is 2.66. The first kappa shape index (κ1) is 16.7. The Labute approximate surface area is 146 Å². The highest BCUT2D eigenvalue weighted by Gasteiger charge is 2.18. The zero-order valence-corrected chi connectivity index (χ0v) is 14.0. The molecule has 3 rings (SSSR count). The summed E-state index contributed by atoms with van der Waals surface area (Å²) in [5.41, 5.74) is 3.50. The van der Waals surface area contributed by atoms with Gasteiger partial charge in [0.05, 0.1) is 5.71 Å². The number of pyridine rings is 1. The average molecular weight is 332 g/mol. The van der Waals surface area contributed by atoms with Gasteiger partial charge in [-0.05, 0) is 17.2 Å². The molecule has 0 fully saturated rings. The SMILES string of the molecule is Cn1cc(C(CC(c2ccccc2)c2ccccc2)=NO)ccc1=O. The second-order valence-corrected chi connectivity index (χ2v) is 5.99. The number of aromatic nitrogens is 1. The van der Waals surface area contributed by atoms with Crippen LogP contribution in [0, 0.1) is 0 Å². The van der Waals surface area contributed by atoms with Crippen molar-refractivity contribution < 1.29 is 5.21 Å². The number of hydrogen-bond acceptors (Lipinski definition) is 3. The van der Waals surface area contributed by atoms with Crippen molar-refractivity contribution in [3.8, 4) is 0 Å². The van der Waals surface area contributed by atoms with Crippen molar-refractivity contribution in [2.75, 3.05) is 0 Å². The topological polar surface area (TPSA) is 54.6 Å². The van der Waals surface area contributed by atoms with Crippen LogP contribution < -0.4 is 5.56 Å². The monoisotopic (exact) mass is 332 g/mol. The summed E-state index contributed by atoms with van der Waals surface area (Å²) in [7, 11) is 1.69. The lowest BCUT2D eigenvalue weighted by atomic mass is 9.86. The van der Waals surface area contributed by atoms with Crippen molar-refractivity contribution in [2.45, 2.75) is 12.3 Å². The van der Waals surface area contributed by atoms with E-state index in [4.69, 9.17) is 0 Å². The maximum atomic E-state index is 11.6. The zero-order valence-electron chi connectivity index (χ0n) is 14.0. The van der Waals surface area contributed by atoms with Crippen molar-refractivity contribution in [3.05, 3.63) is 106 Å². The van der Waals surface area contributed by atoms with Crippen LogP contribution in [0.1, 0.15) is 29.0 Å². The Morgan fingerprint density at radius 3 is 2.00 bits per heavy atom. The minimum atomic E-state index is -0.0938. The van der Waals surface area contributed by atoms with Gasteiger partial charge in [0.1, 0.15) is 0 Å². The van der Waals surface area contributed by atoms with Crippen LogP contribution in [0.25, 0.3) is 0 Å². The van der Waals surface area contributed by atoms with Crippen molar-refractivity contribution in [2.24, 2.45) is 12.2 Å². The van der Waals surface area contributed by atoms with E-state index >= 15 is 0 Å². The van der Waals surface area contributed by atoms with E-state index in [0.717, 1.165) is 16.7 Å². The van der Waals surface area contributed by atoms with E-state index in [9.17, 15) is 10.0 Å².